The molecule has 3 rings (SSSR count). The second kappa shape index (κ2) is 9.19. The summed E-state index contributed by atoms with van der Waals surface area (Å²) in [5, 5.41) is 6.09. The van der Waals surface area contributed by atoms with E-state index in [1.54, 1.807) is 12.3 Å². The van der Waals surface area contributed by atoms with E-state index in [9.17, 15) is 4.79 Å². The smallest absolute Gasteiger partial charge is 0.274 e. The van der Waals surface area contributed by atoms with E-state index < -0.39 is 0 Å². The Hall–Kier alpha value is -3.41. The minimum atomic E-state index is -0.263. The average Bonchev–Trinajstić information content (AvgIpc) is 2.74. The van der Waals surface area contributed by atoms with E-state index in [1.807, 2.05) is 44.2 Å². The topological polar surface area (TPSA) is 70.2 Å². The number of hydrogen-bond acceptors (Lipinski definition) is 5. The van der Waals surface area contributed by atoms with Crippen LogP contribution in [0.15, 0.2) is 54.7 Å². The van der Waals surface area contributed by atoms with Crippen molar-refractivity contribution in [1.82, 2.24) is 9.97 Å². The zero-order valence-corrected chi connectivity index (χ0v) is 17.4. The van der Waals surface area contributed by atoms with Gasteiger partial charge in [0.1, 0.15) is 5.69 Å². The summed E-state index contributed by atoms with van der Waals surface area (Å²) in [6.07, 6.45) is 1.58. The molecular formula is C23H27N5O. The van der Waals surface area contributed by atoms with Gasteiger partial charge in [-0.3, -0.25) is 4.79 Å². The van der Waals surface area contributed by atoms with Gasteiger partial charge in [-0.05, 0) is 75.2 Å². The largest absolute Gasteiger partial charge is 0.372 e. The summed E-state index contributed by atoms with van der Waals surface area (Å²) in [4.78, 5) is 23.5. The highest BCUT2D eigenvalue weighted by Crippen LogP contribution is 2.21. The predicted octanol–water partition coefficient (Wildman–Crippen LogP) is 4.94. The molecule has 3 aromatic rings. The van der Waals surface area contributed by atoms with Crippen LogP contribution in [0.3, 0.4) is 0 Å². The number of amides is 1. The van der Waals surface area contributed by atoms with Crippen LogP contribution in [0.25, 0.3) is 0 Å². The van der Waals surface area contributed by atoms with Gasteiger partial charge in [0.05, 0.1) is 0 Å². The third kappa shape index (κ3) is 4.90. The number of carbonyl (C=O) groups is 1. The molecule has 0 unspecified atom stereocenters. The van der Waals surface area contributed by atoms with E-state index in [4.69, 9.17) is 0 Å². The molecule has 6 heteroatoms. The highest BCUT2D eigenvalue weighted by atomic mass is 16.1. The molecule has 0 aliphatic rings. The molecule has 0 fully saturated rings. The average molecular weight is 390 g/mol. The molecule has 0 saturated heterocycles. The lowest BCUT2D eigenvalue weighted by Gasteiger charge is -2.21. The predicted molar refractivity (Wildman–Crippen MR) is 119 cm³/mol. The molecule has 0 saturated carbocycles. The first kappa shape index (κ1) is 20.3. The van der Waals surface area contributed by atoms with Gasteiger partial charge < -0.3 is 15.5 Å². The molecule has 2 N–H and O–H groups in total. The Balaban J connectivity index is 1.72. The molecule has 6 nitrogen and oxygen atoms in total. The number of rotatable bonds is 7. The first-order valence-corrected chi connectivity index (χ1v) is 9.84. The van der Waals surface area contributed by atoms with Crippen LogP contribution in [0.1, 0.15) is 35.5 Å². The summed E-state index contributed by atoms with van der Waals surface area (Å²) < 4.78 is 0. The maximum atomic E-state index is 12.6. The van der Waals surface area contributed by atoms with Crippen LogP contribution in [-0.2, 0) is 0 Å². The Bertz CT molecular complexity index is 981. The molecule has 1 aromatic heterocycles. The molecule has 1 amide bonds. The highest BCUT2D eigenvalue weighted by Gasteiger charge is 2.11. The lowest BCUT2D eigenvalue weighted by Crippen LogP contribution is -2.21. The van der Waals surface area contributed by atoms with Gasteiger partial charge in [0.2, 0.25) is 5.95 Å². The van der Waals surface area contributed by atoms with Gasteiger partial charge >= 0.3 is 0 Å². The van der Waals surface area contributed by atoms with Crippen molar-refractivity contribution in [2.24, 2.45) is 0 Å². The normalized spacial score (nSPS) is 10.5. The van der Waals surface area contributed by atoms with Crippen LogP contribution in [0.4, 0.5) is 23.0 Å². The first-order valence-electron chi connectivity index (χ1n) is 9.84. The number of anilines is 4. The molecule has 0 bridgehead atoms. The minimum absolute atomic E-state index is 0.263. The number of benzene rings is 2. The fourth-order valence-electron chi connectivity index (χ4n) is 3.09. The van der Waals surface area contributed by atoms with Gasteiger partial charge in [-0.25, -0.2) is 9.97 Å². The quantitative estimate of drug-likeness (QED) is 0.599. The van der Waals surface area contributed by atoms with Crippen LogP contribution in [-0.4, -0.2) is 29.0 Å². The maximum absolute atomic E-state index is 12.6. The Labute approximate surface area is 172 Å². The molecule has 29 heavy (non-hydrogen) atoms. The van der Waals surface area contributed by atoms with E-state index in [0.717, 1.165) is 35.6 Å². The summed E-state index contributed by atoms with van der Waals surface area (Å²) in [5.74, 6) is 0.121. The Morgan fingerprint density at radius 2 is 1.72 bits per heavy atom. The second-order valence-electron chi connectivity index (χ2n) is 6.81. The molecular weight excluding hydrogens is 362 g/mol. The zero-order chi connectivity index (χ0) is 20.8. The highest BCUT2D eigenvalue weighted by molar-refractivity contribution is 6.03. The molecule has 0 aliphatic heterocycles. The number of nitrogens with one attached hydrogen (secondary N) is 2. The van der Waals surface area contributed by atoms with E-state index in [0.29, 0.717) is 11.6 Å². The van der Waals surface area contributed by atoms with Gasteiger partial charge in [0.15, 0.2) is 0 Å². The van der Waals surface area contributed by atoms with Crippen molar-refractivity contribution in [1.29, 1.82) is 0 Å². The number of nitrogens with zero attached hydrogens (tertiary/aromatic N) is 3. The van der Waals surface area contributed by atoms with Crippen molar-refractivity contribution in [3.63, 3.8) is 0 Å². The SMILES string of the molecule is CCN(CC)c1ccc(Nc2nccc(C(=O)Nc3cccc(C)c3C)n2)cc1. The molecule has 150 valence electrons. The van der Waals surface area contributed by atoms with E-state index in [2.05, 4.69) is 51.5 Å². The number of carbonyl (C=O) groups excluding carboxylic acids is 1. The molecule has 1 heterocycles. The van der Waals surface area contributed by atoms with Crippen LogP contribution in [0, 0.1) is 13.8 Å². The van der Waals surface area contributed by atoms with Crippen molar-refractivity contribution in [3.8, 4) is 0 Å². The third-order valence-electron chi connectivity index (χ3n) is 4.99. The number of aryl methyl sites for hydroxylation is 1. The molecule has 2 aromatic carbocycles. The van der Waals surface area contributed by atoms with E-state index in [-0.39, 0.29) is 5.91 Å². The summed E-state index contributed by atoms with van der Waals surface area (Å²) in [7, 11) is 0. The lowest BCUT2D eigenvalue weighted by molar-refractivity contribution is 0.102. The fraction of sp³-hybridized carbons (Fsp3) is 0.261. The van der Waals surface area contributed by atoms with Crippen LogP contribution in [0.5, 0.6) is 0 Å². The van der Waals surface area contributed by atoms with Crippen LogP contribution < -0.4 is 15.5 Å². The van der Waals surface area contributed by atoms with Crippen molar-refractivity contribution in [2.75, 3.05) is 28.6 Å². The minimum Gasteiger partial charge on any atom is -0.372 e. The van der Waals surface area contributed by atoms with Crippen molar-refractivity contribution >= 4 is 28.9 Å². The molecule has 0 aliphatic carbocycles. The van der Waals surface area contributed by atoms with E-state index >= 15 is 0 Å². The van der Waals surface area contributed by atoms with Gasteiger partial charge in [0.25, 0.3) is 5.91 Å². The van der Waals surface area contributed by atoms with Crippen molar-refractivity contribution in [3.05, 3.63) is 71.5 Å². The maximum Gasteiger partial charge on any atom is 0.274 e. The summed E-state index contributed by atoms with van der Waals surface area (Å²) in [6.45, 7) is 10.2. The Morgan fingerprint density at radius 1 is 1.00 bits per heavy atom. The van der Waals surface area contributed by atoms with Gasteiger partial charge in [-0.1, -0.05) is 12.1 Å². The standard InChI is InChI=1S/C23H27N5O/c1-5-28(6-2)19-12-10-18(11-13-19)25-23-24-15-14-21(27-23)22(29)26-20-9-7-8-16(3)17(20)4/h7-15H,5-6H2,1-4H3,(H,26,29)(H,24,25,27). The van der Waals surface area contributed by atoms with Crippen LogP contribution >= 0.6 is 0 Å². The van der Waals surface area contributed by atoms with Crippen molar-refractivity contribution < 1.29 is 4.79 Å². The molecule has 0 radical (unpaired) electrons. The summed E-state index contributed by atoms with van der Waals surface area (Å²) >= 11 is 0. The van der Waals surface area contributed by atoms with Gasteiger partial charge in [0, 0.05) is 36.3 Å². The summed E-state index contributed by atoms with van der Waals surface area (Å²) in [6, 6.07) is 15.5. The Kier molecular flexibility index (Phi) is 6.44. The zero-order valence-electron chi connectivity index (χ0n) is 17.4. The van der Waals surface area contributed by atoms with E-state index in [1.165, 1.54) is 5.69 Å². The lowest BCUT2D eigenvalue weighted by atomic mass is 10.1. The molecule has 0 atom stereocenters. The second-order valence-corrected chi connectivity index (χ2v) is 6.81. The van der Waals surface area contributed by atoms with Gasteiger partial charge in [-0.2, -0.15) is 0 Å². The monoisotopic (exact) mass is 389 g/mol. The first-order chi connectivity index (χ1) is 14.0. The fourth-order valence-corrected chi connectivity index (χ4v) is 3.09. The number of hydrogen-bond donors (Lipinski definition) is 2. The van der Waals surface area contributed by atoms with Gasteiger partial charge in [-0.15, -0.1) is 0 Å². The van der Waals surface area contributed by atoms with Crippen LogP contribution in [0.2, 0.25) is 0 Å². The Morgan fingerprint density at radius 3 is 2.41 bits per heavy atom. The third-order valence-corrected chi connectivity index (χ3v) is 4.99. The molecule has 0 spiro atoms. The summed E-state index contributed by atoms with van der Waals surface area (Å²) in [5.41, 5.74) is 5.30. The number of aromatic nitrogens is 2. The van der Waals surface area contributed by atoms with Crippen molar-refractivity contribution in [2.45, 2.75) is 27.7 Å².